The molecule has 0 saturated heterocycles. The summed E-state index contributed by atoms with van der Waals surface area (Å²) in [5.41, 5.74) is 13.6. The molecule has 0 amide bonds. The molecular weight excluding hydrogens is 1150 g/mol. The van der Waals surface area contributed by atoms with Crippen LogP contribution in [0.25, 0.3) is 152 Å². The molecule has 16 rings (SSSR count). The molecule has 0 nitrogen and oxygen atoms in total. The Hall–Kier alpha value is -8.52. The predicted octanol–water partition coefficient (Wildman–Crippen LogP) is 25.0. The van der Waals surface area contributed by atoms with Crippen LogP contribution in [-0.2, 0) is 36.2 Å². The van der Waals surface area contributed by atoms with Gasteiger partial charge in [-0.3, -0.25) is 0 Å². The fourth-order valence-corrected chi connectivity index (χ4v) is 14.3. The van der Waals surface area contributed by atoms with Crippen LogP contribution in [0.3, 0.4) is 0 Å². The average molecular weight is 1220 g/mol. The van der Waals surface area contributed by atoms with Gasteiger partial charge in [0.15, 0.2) is 0 Å². The molecule has 0 aromatic heterocycles. The van der Waals surface area contributed by atoms with Crippen LogP contribution in [-0.4, -0.2) is 6.88 Å². The molecule has 16 aromatic carbocycles. The molecule has 2 radical (unpaired) electrons. The van der Waals surface area contributed by atoms with Crippen molar-refractivity contribution in [1.82, 2.24) is 0 Å². The molecule has 0 spiro atoms. The Balaban J connectivity index is 0.000000163. The molecule has 2 heteroatoms. The first-order valence-corrected chi connectivity index (χ1v) is 35.1. The van der Waals surface area contributed by atoms with E-state index in [4.69, 9.17) is 0 Å². The zero-order chi connectivity index (χ0) is 58.1. The van der Waals surface area contributed by atoms with Gasteiger partial charge in [0.1, 0.15) is 0 Å². The second-order valence-corrected chi connectivity index (χ2v) is 23.4. The second-order valence-electron chi connectivity index (χ2n) is 23.4. The van der Waals surface area contributed by atoms with E-state index in [9.17, 15) is 0 Å². The zero-order valence-electron chi connectivity index (χ0n) is 51.1. The summed E-state index contributed by atoms with van der Waals surface area (Å²) >= 11 is 1.36. The monoisotopic (exact) mass is 1220 g/mol. The van der Waals surface area contributed by atoms with E-state index in [2.05, 4.69) is 288 Å². The Morgan fingerprint density at radius 3 is 0.716 bits per heavy atom. The number of benzene rings is 14. The first-order chi connectivity index (χ1) is 42.6. The number of fused-ring (bicyclic) bond motifs is 10. The summed E-state index contributed by atoms with van der Waals surface area (Å²) in [5, 5.41) is 26.3. The Morgan fingerprint density at radius 1 is 0.261 bits per heavy atom. The van der Waals surface area contributed by atoms with Crippen LogP contribution in [0, 0.1) is 14.9 Å². The van der Waals surface area contributed by atoms with Crippen molar-refractivity contribution < 1.29 is 23.3 Å². The van der Waals surface area contributed by atoms with E-state index >= 15 is 0 Å². The van der Waals surface area contributed by atoms with E-state index < -0.39 is 0 Å². The van der Waals surface area contributed by atoms with Crippen molar-refractivity contribution in [3.63, 3.8) is 0 Å². The van der Waals surface area contributed by atoms with Gasteiger partial charge in [0.2, 0.25) is 0 Å². The zero-order valence-corrected chi connectivity index (χ0v) is 54.5. The molecule has 428 valence electrons. The third kappa shape index (κ3) is 10.9. The molecule has 0 fully saturated rings. The van der Waals surface area contributed by atoms with Gasteiger partial charge >= 0.3 is 30.2 Å². The van der Waals surface area contributed by atoms with Crippen LogP contribution in [0.5, 0.6) is 0 Å². The molecule has 0 atom stereocenters. The minimum absolute atomic E-state index is 0. The van der Waals surface area contributed by atoms with Gasteiger partial charge in [-0.05, 0) is 146 Å². The van der Waals surface area contributed by atoms with E-state index in [1.165, 1.54) is 225 Å². The van der Waals surface area contributed by atoms with Gasteiger partial charge in [0.25, 0.3) is 0 Å². The van der Waals surface area contributed by atoms with Crippen molar-refractivity contribution in [3.05, 3.63) is 293 Å². The standard InChI is InChI=1S/2C42H33.2CH3.Si.Zr/c2*1-2-3-4-13-28-24-39-37(41-33-18-9-5-14-29(33)26-30-15-6-10-19-34(30)41)22-23-38(40(39)25-28)42-35-20-11-7-16-31(35)27-32-17-8-12-21-36(32)42;;;;/h2*5-12,14-27H,2-4,13H2,1H3;2*1H3;;/q4*-1;;. The SMILES string of the molecule is CCCCCc1cc2c(-c3c4ccccc4cc4ccccc34)ccc(-c3c4ccccc4cc4ccccc34)c2[cH-]1.CCCCCc1cc2c(-c3c4ccccc4cc4ccccc34)ccc(-c3c4ccccc4cc4ccccc34)c2[cH-]1.[CH3-].[CH3-].[Si]=[Zr]. The molecule has 0 heterocycles. The maximum atomic E-state index is 3.06. The van der Waals surface area contributed by atoms with Crippen molar-refractivity contribution in [1.29, 1.82) is 0 Å². The molecule has 0 N–H and O–H groups in total. The third-order valence-electron chi connectivity index (χ3n) is 18.2. The van der Waals surface area contributed by atoms with E-state index in [1.807, 2.05) is 0 Å². The maximum absolute atomic E-state index is 3.06. The van der Waals surface area contributed by atoms with E-state index in [1.54, 1.807) is 0 Å². The van der Waals surface area contributed by atoms with Gasteiger partial charge in [-0.15, -0.1) is 44.8 Å². The van der Waals surface area contributed by atoms with Crippen molar-refractivity contribution in [2.45, 2.75) is 65.2 Å². The molecule has 0 unspecified atom stereocenters. The summed E-state index contributed by atoms with van der Waals surface area (Å²) in [6, 6.07) is 99.9. The Labute approximate surface area is 536 Å². The van der Waals surface area contributed by atoms with Gasteiger partial charge in [-0.1, -0.05) is 293 Å². The summed E-state index contributed by atoms with van der Waals surface area (Å²) < 4.78 is 0. The van der Waals surface area contributed by atoms with Crippen LogP contribution in [0.15, 0.2) is 267 Å². The molecule has 16 aromatic rings. The van der Waals surface area contributed by atoms with Gasteiger partial charge in [-0.25, -0.2) is 0 Å². The topological polar surface area (TPSA) is 0 Å². The number of hydrogen-bond acceptors (Lipinski definition) is 0. The van der Waals surface area contributed by atoms with Gasteiger partial charge in [-0.2, -0.15) is 12.1 Å². The van der Waals surface area contributed by atoms with Crippen molar-refractivity contribution in [2.24, 2.45) is 0 Å². The molecule has 0 saturated carbocycles. The summed E-state index contributed by atoms with van der Waals surface area (Å²) in [4.78, 5) is 0. The number of hydrogen-bond donors (Lipinski definition) is 0. The molecule has 0 bridgehead atoms. The molecule has 0 aliphatic carbocycles. The average Bonchev–Trinajstić information content (AvgIpc) is 1.38. The van der Waals surface area contributed by atoms with E-state index in [0.29, 0.717) is 0 Å². The fourth-order valence-electron chi connectivity index (χ4n) is 14.3. The van der Waals surface area contributed by atoms with Crippen LogP contribution >= 0.6 is 0 Å². The summed E-state index contributed by atoms with van der Waals surface area (Å²) in [6.45, 7) is 7.64. The van der Waals surface area contributed by atoms with Crippen LogP contribution in [0.4, 0.5) is 0 Å². The number of aryl methyl sites for hydroxylation is 2. The predicted molar refractivity (Wildman–Crippen MR) is 386 cm³/mol. The third-order valence-corrected chi connectivity index (χ3v) is 18.2. The molecule has 0 aliphatic heterocycles. The Kier molecular flexibility index (Phi) is 18.0. The molecule has 88 heavy (non-hydrogen) atoms. The van der Waals surface area contributed by atoms with Crippen LogP contribution in [0.2, 0.25) is 0 Å². The minimum atomic E-state index is 0. The van der Waals surface area contributed by atoms with Gasteiger partial charge in [0, 0.05) is 0 Å². The second kappa shape index (κ2) is 26.4. The van der Waals surface area contributed by atoms with E-state index in [-0.39, 0.29) is 14.9 Å². The summed E-state index contributed by atoms with van der Waals surface area (Å²) in [7, 11) is 0. The summed E-state index contributed by atoms with van der Waals surface area (Å²) in [5.74, 6) is 0. The van der Waals surface area contributed by atoms with E-state index in [0.717, 1.165) is 12.8 Å². The van der Waals surface area contributed by atoms with Crippen molar-refractivity contribution in [2.75, 3.05) is 0 Å². The molecular formula is C86H72SiZr-4. The Morgan fingerprint density at radius 2 is 0.477 bits per heavy atom. The fraction of sp³-hybridized carbons (Fsp3) is 0.116. The number of unbranched alkanes of at least 4 members (excludes halogenated alkanes) is 4. The Bertz CT molecular complexity index is 4350. The van der Waals surface area contributed by atoms with Crippen LogP contribution in [0.1, 0.15) is 63.5 Å². The van der Waals surface area contributed by atoms with Crippen molar-refractivity contribution >= 4 is 115 Å². The molecule has 0 aliphatic rings. The first kappa shape index (κ1) is 59.8. The quantitative estimate of drug-likeness (QED) is 0.0495. The normalized spacial score (nSPS) is 11.3. The number of rotatable bonds is 12. The first-order valence-electron chi connectivity index (χ1n) is 30.9. The summed E-state index contributed by atoms with van der Waals surface area (Å²) in [6.07, 6.45) is 9.70. The van der Waals surface area contributed by atoms with Crippen molar-refractivity contribution in [3.8, 4) is 44.5 Å². The van der Waals surface area contributed by atoms with Gasteiger partial charge < -0.3 is 14.9 Å². The van der Waals surface area contributed by atoms with Gasteiger partial charge in [0.05, 0.1) is 0 Å². The van der Waals surface area contributed by atoms with Crippen LogP contribution < -0.4 is 0 Å².